The second kappa shape index (κ2) is 2.19. The van der Waals surface area contributed by atoms with E-state index in [2.05, 4.69) is 6.58 Å². The van der Waals surface area contributed by atoms with Crippen molar-refractivity contribution >= 4 is 5.91 Å². The molecule has 1 amide bonds. The largest absolute Gasteiger partial charge is 0.365 e. The number of hydrogen-bond acceptors (Lipinski definition) is 2. The maximum Gasteiger partial charge on any atom is 0.252 e. The summed E-state index contributed by atoms with van der Waals surface area (Å²) in [6, 6.07) is 0. The predicted molar refractivity (Wildman–Crippen MR) is 32.7 cm³/mol. The first-order valence-electron chi connectivity index (χ1n) is 2.74. The smallest absolute Gasteiger partial charge is 0.252 e. The molecule has 1 rings (SSSR count). The van der Waals surface area contributed by atoms with E-state index in [4.69, 9.17) is 4.74 Å². The number of carbonyl (C=O) groups is 1. The molecule has 0 N–H and O–H groups in total. The molecule has 3 nitrogen and oxygen atoms in total. The van der Waals surface area contributed by atoms with E-state index in [1.54, 1.807) is 7.05 Å². The zero-order valence-electron chi connectivity index (χ0n) is 5.39. The molecule has 0 aromatic heterocycles. The summed E-state index contributed by atoms with van der Waals surface area (Å²) >= 11 is 0. The minimum Gasteiger partial charge on any atom is -0.365 e. The molecule has 0 saturated carbocycles. The van der Waals surface area contributed by atoms with Crippen molar-refractivity contribution in [3.8, 4) is 0 Å². The van der Waals surface area contributed by atoms with Crippen LogP contribution >= 0.6 is 0 Å². The van der Waals surface area contributed by atoms with Crippen LogP contribution in [-0.4, -0.2) is 31.1 Å². The molecule has 1 aliphatic rings. The Labute approximate surface area is 53.9 Å². The number of rotatable bonds is 0. The van der Waals surface area contributed by atoms with Crippen molar-refractivity contribution in [3.05, 3.63) is 12.3 Å². The summed E-state index contributed by atoms with van der Waals surface area (Å²) in [6.45, 7) is 4.29. The van der Waals surface area contributed by atoms with Crippen LogP contribution in [0, 0.1) is 0 Å². The molecular weight excluding hydrogens is 118 g/mol. The van der Waals surface area contributed by atoms with Gasteiger partial charge in [0.05, 0.1) is 6.61 Å². The van der Waals surface area contributed by atoms with Gasteiger partial charge in [0.2, 0.25) is 0 Å². The van der Waals surface area contributed by atoms with Crippen molar-refractivity contribution in [2.75, 3.05) is 20.3 Å². The van der Waals surface area contributed by atoms with E-state index >= 15 is 0 Å². The molecule has 0 aliphatic carbocycles. The highest BCUT2D eigenvalue weighted by Crippen LogP contribution is 2.05. The van der Waals surface area contributed by atoms with Crippen LogP contribution in [0.25, 0.3) is 0 Å². The summed E-state index contributed by atoms with van der Waals surface area (Å²) in [7, 11) is 1.70. The van der Waals surface area contributed by atoms with E-state index in [1.807, 2.05) is 0 Å². The van der Waals surface area contributed by atoms with Crippen LogP contribution in [0.1, 0.15) is 0 Å². The lowest BCUT2D eigenvalue weighted by atomic mass is 10.4. The standard InChI is InChI=1S/C6H9NO2/c1-5-3-9-4-6(8)7(5)2/h1,3-4H2,2H3. The average Bonchev–Trinajstić information content (AvgIpc) is 1.83. The molecular formula is C6H9NO2. The molecule has 0 aromatic carbocycles. The van der Waals surface area contributed by atoms with Crippen LogP contribution in [-0.2, 0) is 9.53 Å². The Bertz CT molecular complexity index is 137. The Balaban J connectivity index is 2.62. The van der Waals surface area contributed by atoms with E-state index < -0.39 is 0 Å². The van der Waals surface area contributed by atoms with E-state index in [9.17, 15) is 4.79 Å². The fourth-order valence-electron chi connectivity index (χ4n) is 0.626. The fraction of sp³-hybridized carbons (Fsp3) is 0.500. The zero-order chi connectivity index (χ0) is 6.85. The lowest BCUT2D eigenvalue weighted by molar-refractivity contribution is -0.137. The van der Waals surface area contributed by atoms with Crippen LogP contribution in [0.4, 0.5) is 0 Å². The maximum absolute atomic E-state index is 10.7. The number of amides is 1. The summed E-state index contributed by atoms with van der Waals surface area (Å²) in [6.07, 6.45) is 0. The molecule has 0 radical (unpaired) electrons. The van der Waals surface area contributed by atoms with Crippen LogP contribution in [0.3, 0.4) is 0 Å². The van der Waals surface area contributed by atoms with E-state index in [0.717, 1.165) is 5.70 Å². The maximum atomic E-state index is 10.7. The quantitative estimate of drug-likeness (QED) is 0.458. The molecule has 0 bridgehead atoms. The monoisotopic (exact) mass is 127 g/mol. The molecule has 9 heavy (non-hydrogen) atoms. The van der Waals surface area contributed by atoms with Gasteiger partial charge in [0.25, 0.3) is 5.91 Å². The molecule has 0 spiro atoms. The molecule has 1 fully saturated rings. The van der Waals surface area contributed by atoms with Gasteiger partial charge in [-0.2, -0.15) is 0 Å². The van der Waals surface area contributed by atoms with Crippen molar-refractivity contribution in [3.63, 3.8) is 0 Å². The van der Waals surface area contributed by atoms with Crippen molar-refractivity contribution in [1.29, 1.82) is 0 Å². The van der Waals surface area contributed by atoms with Crippen molar-refractivity contribution < 1.29 is 9.53 Å². The van der Waals surface area contributed by atoms with Crippen LogP contribution in [0.2, 0.25) is 0 Å². The first-order valence-corrected chi connectivity index (χ1v) is 2.74. The Kier molecular flexibility index (Phi) is 1.53. The van der Waals surface area contributed by atoms with Crippen LogP contribution in [0.5, 0.6) is 0 Å². The van der Waals surface area contributed by atoms with Crippen LogP contribution < -0.4 is 0 Å². The summed E-state index contributed by atoms with van der Waals surface area (Å²) in [5, 5.41) is 0. The van der Waals surface area contributed by atoms with Gasteiger partial charge in [-0.05, 0) is 0 Å². The molecule has 50 valence electrons. The minimum atomic E-state index is -0.0220. The number of hydrogen-bond donors (Lipinski definition) is 0. The zero-order valence-corrected chi connectivity index (χ0v) is 5.39. The first-order chi connectivity index (χ1) is 4.22. The Morgan fingerprint density at radius 3 is 2.78 bits per heavy atom. The highest BCUT2D eigenvalue weighted by Gasteiger charge is 2.16. The molecule has 1 heterocycles. The average molecular weight is 127 g/mol. The van der Waals surface area contributed by atoms with Gasteiger partial charge in [0.15, 0.2) is 0 Å². The third kappa shape index (κ3) is 1.10. The lowest BCUT2D eigenvalue weighted by Crippen LogP contribution is -2.36. The summed E-state index contributed by atoms with van der Waals surface area (Å²) in [4.78, 5) is 12.3. The Morgan fingerprint density at radius 2 is 2.33 bits per heavy atom. The summed E-state index contributed by atoms with van der Waals surface area (Å²) in [5.74, 6) is -0.0220. The topological polar surface area (TPSA) is 29.5 Å². The van der Waals surface area contributed by atoms with Crippen molar-refractivity contribution in [2.45, 2.75) is 0 Å². The molecule has 1 saturated heterocycles. The van der Waals surface area contributed by atoms with Gasteiger partial charge in [-0.15, -0.1) is 0 Å². The highest BCUT2D eigenvalue weighted by molar-refractivity contribution is 5.79. The molecule has 0 atom stereocenters. The molecule has 1 aliphatic heterocycles. The Morgan fingerprint density at radius 1 is 1.67 bits per heavy atom. The normalized spacial score (nSPS) is 20.8. The van der Waals surface area contributed by atoms with Gasteiger partial charge < -0.3 is 9.64 Å². The summed E-state index contributed by atoms with van der Waals surface area (Å²) < 4.78 is 4.87. The van der Waals surface area contributed by atoms with Gasteiger partial charge in [-0.1, -0.05) is 6.58 Å². The van der Waals surface area contributed by atoms with E-state index in [0.29, 0.717) is 6.61 Å². The van der Waals surface area contributed by atoms with E-state index in [1.165, 1.54) is 4.90 Å². The highest BCUT2D eigenvalue weighted by atomic mass is 16.5. The van der Waals surface area contributed by atoms with Gasteiger partial charge >= 0.3 is 0 Å². The number of morpholine rings is 1. The molecule has 0 unspecified atom stereocenters. The predicted octanol–water partition coefficient (Wildman–Crippen LogP) is -0.0113. The molecule has 3 heteroatoms. The third-order valence-corrected chi connectivity index (χ3v) is 1.34. The first kappa shape index (κ1) is 6.29. The van der Waals surface area contributed by atoms with Crippen LogP contribution in [0.15, 0.2) is 12.3 Å². The number of likely N-dealkylation sites (N-methyl/N-ethyl adjacent to an activating group) is 1. The summed E-state index contributed by atoms with van der Waals surface area (Å²) in [5.41, 5.74) is 0.728. The Hall–Kier alpha value is -0.830. The molecule has 0 aromatic rings. The SMILES string of the molecule is C=C1COCC(=O)N1C. The second-order valence-corrected chi connectivity index (χ2v) is 2.01. The van der Waals surface area contributed by atoms with Crippen molar-refractivity contribution in [2.24, 2.45) is 0 Å². The van der Waals surface area contributed by atoms with Gasteiger partial charge in [-0.3, -0.25) is 4.79 Å². The number of nitrogens with zero attached hydrogens (tertiary/aromatic N) is 1. The minimum absolute atomic E-state index is 0.0220. The van der Waals surface area contributed by atoms with Gasteiger partial charge in [0.1, 0.15) is 6.61 Å². The van der Waals surface area contributed by atoms with Crippen molar-refractivity contribution in [1.82, 2.24) is 4.90 Å². The lowest BCUT2D eigenvalue weighted by Gasteiger charge is -2.24. The van der Waals surface area contributed by atoms with E-state index in [-0.39, 0.29) is 12.5 Å². The third-order valence-electron chi connectivity index (χ3n) is 1.34. The number of carbonyl (C=O) groups excluding carboxylic acids is 1. The second-order valence-electron chi connectivity index (χ2n) is 2.01. The fourth-order valence-corrected chi connectivity index (χ4v) is 0.626. The van der Waals surface area contributed by atoms with Gasteiger partial charge in [-0.25, -0.2) is 0 Å². The number of ether oxygens (including phenoxy) is 1. The van der Waals surface area contributed by atoms with Gasteiger partial charge in [0, 0.05) is 12.7 Å².